The van der Waals surface area contributed by atoms with Gasteiger partial charge in [0.2, 0.25) is 0 Å². The van der Waals surface area contributed by atoms with Crippen LogP contribution in [0.25, 0.3) is 0 Å². The summed E-state index contributed by atoms with van der Waals surface area (Å²) in [5.41, 5.74) is 4.18. The third kappa shape index (κ3) is 7.92. The van der Waals surface area contributed by atoms with E-state index in [1.807, 2.05) is 30.3 Å². The van der Waals surface area contributed by atoms with Crippen LogP contribution in [0.15, 0.2) is 47.5 Å². The lowest BCUT2D eigenvalue weighted by Gasteiger charge is -2.14. The van der Waals surface area contributed by atoms with Crippen molar-refractivity contribution in [2.24, 2.45) is 4.99 Å². The van der Waals surface area contributed by atoms with Crippen LogP contribution in [-0.2, 0) is 12.8 Å². The van der Waals surface area contributed by atoms with Crippen LogP contribution in [-0.4, -0.2) is 46.2 Å². The number of methoxy groups -OCH3 is 1. The normalized spacial score (nSPS) is 10.7. The lowest BCUT2D eigenvalue weighted by atomic mass is 10.1. The SMILES string of the molecule is CN=C(NCCc1cccc(C(=O)NC)c1)NCCc1cc(C)ccc1OC.I. The van der Waals surface area contributed by atoms with Crippen LogP contribution in [0.4, 0.5) is 0 Å². The second kappa shape index (κ2) is 13.0. The Hall–Kier alpha value is -2.29. The maximum absolute atomic E-state index is 11.7. The Morgan fingerprint density at radius 2 is 1.79 bits per heavy atom. The zero-order valence-corrected chi connectivity index (χ0v) is 19.9. The second-order valence-corrected chi connectivity index (χ2v) is 6.52. The molecule has 3 N–H and O–H groups in total. The molecule has 158 valence electrons. The molecule has 0 saturated heterocycles. The van der Waals surface area contributed by atoms with E-state index in [2.05, 4.69) is 40.0 Å². The lowest BCUT2D eigenvalue weighted by molar-refractivity contribution is 0.0963. The summed E-state index contributed by atoms with van der Waals surface area (Å²) in [7, 11) is 5.09. The minimum atomic E-state index is -0.0705. The van der Waals surface area contributed by atoms with E-state index in [0.717, 1.165) is 43.2 Å². The first kappa shape index (κ1) is 24.7. The van der Waals surface area contributed by atoms with Gasteiger partial charge in [0, 0.05) is 32.7 Å². The van der Waals surface area contributed by atoms with Gasteiger partial charge in [-0.05, 0) is 49.1 Å². The Bertz CT molecular complexity index is 824. The Kier molecular flexibility index (Phi) is 11.1. The number of ether oxygens (including phenoxy) is 1. The van der Waals surface area contributed by atoms with Crippen LogP contribution in [0.2, 0.25) is 0 Å². The predicted octanol–water partition coefficient (Wildman–Crippen LogP) is 2.93. The highest BCUT2D eigenvalue weighted by Crippen LogP contribution is 2.19. The number of nitrogens with zero attached hydrogens (tertiary/aromatic N) is 1. The summed E-state index contributed by atoms with van der Waals surface area (Å²) in [4.78, 5) is 16.0. The third-order valence-corrected chi connectivity index (χ3v) is 4.47. The molecule has 0 aromatic heterocycles. The van der Waals surface area contributed by atoms with Gasteiger partial charge in [0.1, 0.15) is 5.75 Å². The first-order valence-electron chi connectivity index (χ1n) is 9.46. The van der Waals surface area contributed by atoms with Crippen molar-refractivity contribution in [2.45, 2.75) is 19.8 Å². The fraction of sp³-hybridized carbons (Fsp3) is 0.364. The van der Waals surface area contributed by atoms with Gasteiger partial charge in [0.15, 0.2) is 5.96 Å². The highest BCUT2D eigenvalue weighted by atomic mass is 127. The van der Waals surface area contributed by atoms with Crippen LogP contribution in [0.3, 0.4) is 0 Å². The minimum absolute atomic E-state index is 0. The Morgan fingerprint density at radius 1 is 1.07 bits per heavy atom. The fourth-order valence-electron chi connectivity index (χ4n) is 2.98. The number of aliphatic imine (C=N–C) groups is 1. The topological polar surface area (TPSA) is 74.8 Å². The molecule has 0 saturated carbocycles. The molecule has 0 atom stereocenters. The van der Waals surface area contributed by atoms with Gasteiger partial charge >= 0.3 is 0 Å². The van der Waals surface area contributed by atoms with Crippen molar-refractivity contribution in [1.82, 2.24) is 16.0 Å². The molecular weight excluding hydrogens is 479 g/mol. The van der Waals surface area contributed by atoms with Gasteiger partial charge in [-0.25, -0.2) is 0 Å². The fourth-order valence-corrected chi connectivity index (χ4v) is 2.98. The molecule has 2 aromatic carbocycles. The standard InChI is InChI=1S/C22H30N4O2.HI/c1-16-8-9-20(28-4)18(14-16)11-13-26-22(24-3)25-12-10-17-6-5-7-19(15-17)21(27)23-2;/h5-9,14-15H,10-13H2,1-4H3,(H,23,27)(H2,24,25,26);1H. The number of hydrogen-bond donors (Lipinski definition) is 3. The van der Waals surface area contributed by atoms with Gasteiger partial charge in [-0.15, -0.1) is 24.0 Å². The van der Waals surface area contributed by atoms with Gasteiger partial charge in [-0.3, -0.25) is 9.79 Å². The number of rotatable bonds is 8. The molecule has 0 aliphatic heterocycles. The molecule has 0 heterocycles. The molecule has 0 aliphatic rings. The maximum Gasteiger partial charge on any atom is 0.251 e. The monoisotopic (exact) mass is 510 g/mol. The molecule has 0 aliphatic carbocycles. The molecule has 0 bridgehead atoms. The summed E-state index contributed by atoms with van der Waals surface area (Å²) in [6.07, 6.45) is 1.65. The number of nitrogens with one attached hydrogen (secondary N) is 3. The Labute approximate surface area is 190 Å². The summed E-state index contributed by atoms with van der Waals surface area (Å²) in [6.45, 7) is 3.56. The van der Waals surface area contributed by atoms with Gasteiger partial charge in [-0.2, -0.15) is 0 Å². The number of amides is 1. The summed E-state index contributed by atoms with van der Waals surface area (Å²) in [5, 5.41) is 9.29. The number of aryl methyl sites for hydroxylation is 1. The number of carbonyl (C=O) groups excluding carboxylic acids is 1. The zero-order valence-electron chi connectivity index (χ0n) is 17.5. The van der Waals surface area contributed by atoms with Crippen LogP contribution in [0.1, 0.15) is 27.0 Å². The van der Waals surface area contributed by atoms with Crippen LogP contribution in [0.5, 0.6) is 5.75 Å². The maximum atomic E-state index is 11.7. The molecule has 0 spiro atoms. The molecule has 2 aromatic rings. The molecule has 29 heavy (non-hydrogen) atoms. The minimum Gasteiger partial charge on any atom is -0.496 e. The van der Waals surface area contributed by atoms with E-state index < -0.39 is 0 Å². The smallest absolute Gasteiger partial charge is 0.251 e. The third-order valence-electron chi connectivity index (χ3n) is 4.47. The summed E-state index contributed by atoms with van der Waals surface area (Å²) in [5.74, 6) is 1.60. The van der Waals surface area contributed by atoms with E-state index in [-0.39, 0.29) is 29.9 Å². The molecule has 0 unspecified atom stereocenters. The lowest BCUT2D eigenvalue weighted by Crippen LogP contribution is -2.39. The molecule has 1 amide bonds. The van der Waals surface area contributed by atoms with E-state index in [0.29, 0.717) is 5.56 Å². The average molecular weight is 510 g/mol. The van der Waals surface area contributed by atoms with Crippen LogP contribution >= 0.6 is 24.0 Å². The molecule has 6 nitrogen and oxygen atoms in total. The highest BCUT2D eigenvalue weighted by Gasteiger charge is 2.05. The van der Waals surface area contributed by atoms with E-state index in [1.54, 1.807) is 21.2 Å². The zero-order chi connectivity index (χ0) is 20.4. The van der Waals surface area contributed by atoms with E-state index in [9.17, 15) is 4.79 Å². The van der Waals surface area contributed by atoms with E-state index in [4.69, 9.17) is 4.74 Å². The van der Waals surface area contributed by atoms with Crippen molar-refractivity contribution in [3.8, 4) is 5.75 Å². The van der Waals surface area contributed by atoms with Crippen LogP contribution in [0, 0.1) is 6.92 Å². The van der Waals surface area contributed by atoms with Gasteiger partial charge < -0.3 is 20.7 Å². The quantitative estimate of drug-likeness (QED) is 0.290. The van der Waals surface area contributed by atoms with Gasteiger partial charge in [-0.1, -0.05) is 29.8 Å². The van der Waals surface area contributed by atoms with Crippen molar-refractivity contribution >= 4 is 35.8 Å². The summed E-state index contributed by atoms with van der Waals surface area (Å²) >= 11 is 0. The number of benzene rings is 2. The molecule has 2 rings (SSSR count). The Balaban J connectivity index is 0.00000420. The van der Waals surface area contributed by atoms with Crippen LogP contribution < -0.4 is 20.7 Å². The van der Waals surface area contributed by atoms with Crippen molar-refractivity contribution in [1.29, 1.82) is 0 Å². The predicted molar refractivity (Wildman–Crippen MR) is 130 cm³/mol. The second-order valence-electron chi connectivity index (χ2n) is 6.52. The highest BCUT2D eigenvalue weighted by molar-refractivity contribution is 14.0. The first-order chi connectivity index (χ1) is 13.6. The van der Waals surface area contributed by atoms with Crippen molar-refractivity contribution in [3.63, 3.8) is 0 Å². The van der Waals surface area contributed by atoms with Crippen molar-refractivity contribution < 1.29 is 9.53 Å². The molecule has 7 heteroatoms. The molecule has 0 radical (unpaired) electrons. The number of halogens is 1. The van der Waals surface area contributed by atoms with E-state index in [1.165, 1.54) is 11.1 Å². The van der Waals surface area contributed by atoms with Gasteiger partial charge in [0.25, 0.3) is 5.91 Å². The van der Waals surface area contributed by atoms with Crippen molar-refractivity contribution in [2.75, 3.05) is 34.3 Å². The Morgan fingerprint density at radius 3 is 2.45 bits per heavy atom. The van der Waals surface area contributed by atoms with Gasteiger partial charge in [0.05, 0.1) is 7.11 Å². The number of hydrogen-bond acceptors (Lipinski definition) is 3. The molecular formula is C22H31IN4O2. The summed E-state index contributed by atoms with van der Waals surface area (Å²) in [6, 6.07) is 13.9. The number of carbonyl (C=O) groups is 1. The number of guanidine groups is 1. The first-order valence-corrected chi connectivity index (χ1v) is 9.46. The van der Waals surface area contributed by atoms with E-state index >= 15 is 0 Å². The molecule has 0 fully saturated rings. The van der Waals surface area contributed by atoms with Crippen molar-refractivity contribution in [3.05, 3.63) is 64.7 Å². The average Bonchev–Trinajstić information content (AvgIpc) is 2.72. The summed E-state index contributed by atoms with van der Waals surface area (Å²) < 4.78 is 5.43. The largest absolute Gasteiger partial charge is 0.496 e.